The largest absolute Gasteiger partial charge is 0.459 e. The predicted molar refractivity (Wildman–Crippen MR) is 124 cm³/mol. The van der Waals surface area contributed by atoms with Gasteiger partial charge in [-0.15, -0.1) is 0 Å². The molecule has 9 nitrogen and oxygen atoms in total. The molecule has 6 rings (SSSR count). The van der Waals surface area contributed by atoms with E-state index in [1.807, 2.05) is 32.0 Å². The first-order valence-electron chi connectivity index (χ1n) is 11.0. The number of nitrogens with one attached hydrogen (secondary N) is 3. The molecular formula is C24H24N6O3. The fourth-order valence-corrected chi connectivity index (χ4v) is 5.38. The topological polar surface area (TPSA) is 135 Å². The van der Waals surface area contributed by atoms with E-state index in [9.17, 15) is 9.59 Å². The second-order valence-electron chi connectivity index (χ2n) is 9.54. The van der Waals surface area contributed by atoms with Crippen LogP contribution in [-0.4, -0.2) is 27.8 Å². The molecule has 3 aliphatic rings. The molecule has 168 valence electrons. The second kappa shape index (κ2) is 6.81. The van der Waals surface area contributed by atoms with Gasteiger partial charge in [0.15, 0.2) is 11.4 Å². The number of carbonyl (C=O) groups excluding carboxylic acids is 2. The molecule has 4 atom stereocenters. The smallest absolute Gasteiger partial charge is 0.234 e. The molecule has 2 amide bonds. The lowest BCUT2D eigenvalue weighted by Crippen LogP contribution is -2.41. The van der Waals surface area contributed by atoms with Gasteiger partial charge in [-0.3, -0.25) is 9.59 Å². The molecule has 3 aromatic rings. The number of amides is 2. The highest BCUT2D eigenvalue weighted by molar-refractivity contribution is 6.06. The average molecular weight is 444 g/mol. The number of aromatic nitrogens is 2. The van der Waals surface area contributed by atoms with Crippen molar-refractivity contribution in [3.05, 3.63) is 48.2 Å². The van der Waals surface area contributed by atoms with Gasteiger partial charge in [-0.25, -0.2) is 4.98 Å². The van der Waals surface area contributed by atoms with Crippen LogP contribution in [0.5, 0.6) is 0 Å². The van der Waals surface area contributed by atoms with E-state index in [1.54, 1.807) is 12.3 Å². The number of allylic oxidation sites excluding steroid dienone is 1. The van der Waals surface area contributed by atoms with E-state index in [1.165, 1.54) is 0 Å². The van der Waals surface area contributed by atoms with Crippen molar-refractivity contribution in [1.29, 1.82) is 0 Å². The van der Waals surface area contributed by atoms with Crippen LogP contribution in [-0.2, 0) is 15.0 Å². The van der Waals surface area contributed by atoms with Crippen LogP contribution in [0, 0.1) is 17.8 Å². The molecule has 4 unspecified atom stereocenters. The minimum Gasteiger partial charge on any atom is -0.459 e. The fourth-order valence-electron chi connectivity index (χ4n) is 5.38. The van der Waals surface area contributed by atoms with Gasteiger partial charge in [0.05, 0.1) is 17.6 Å². The summed E-state index contributed by atoms with van der Waals surface area (Å²) in [5.74, 6) is 0.635. The first-order valence-corrected chi connectivity index (χ1v) is 11.0. The minimum atomic E-state index is -0.566. The average Bonchev–Trinajstić information content (AvgIpc) is 3.52. The van der Waals surface area contributed by atoms with Crippen LogP contribution in [0.4, 0.5) is 23.1 Å². The van der Waals surface area contributed by atoms with Crippen LogP contribution in [0.2, 0.25) is 0 Å². The molecular weight excluding hydrogens is 420 g/mol. The Bertz CT molecular complexity index is 1340. The molecule has 1 fully saturated rings. The minimum absolute atomic E-state index is 0.0267. The number of carbonyl (C=O) groups is 2. The monoisotopic (exact) mass is 444 g/mol. The highest BCUT2D eigenvalue weighted by atomic mass is 16.3. The van der Waals surface area contributed by atoms with Crippen LogP contribution < -0.4 is 21.7 Å². The zero-order valence-electron chi connectivity index (χ0n) is 18.3. The molecule has 1 aromatic carbocycles. The lowest BCUT2D eigenvalue weighted by atomic mass is 9.86. The molecule has 0 radical (unpaired) electrons. The Morgan fingerprint density at radius 1 is 1.21 bits per heavy atom. The van der Waals surface area contributed by atoms with Crippen LogP contribution in [0.15, 0.2) is 47.1 Å². The maximum absolute atomic E-state index is 12.3. The van der Waals surface area contributed by atoms with Gasteiger partial charge in [0.2, 0.25) is 17.8 Å². The molecule has 5 N–H and O–H groups in total. The van der Waals surface area contributed by atoms with Gasteiger partial charge in [0, 0.05) is 23.5 Å². The molecule has 2 bridgehead atoms. The van der Waals surface area contributed by atoms with Gasteiger partial charge in [-0.1, -0.05) is 18.2 Å². The van der Waals surface area contributed by atoms with Gasteiger partial charge in [-0.05, 0) is 49.8 Å². The van der Waals surface area contributed by atoms with Gasteiger partial charge in [0.25, 0.3) is 0 Å². The summed E-state index contributed by atoms with van der Waals surface area (Å²) < 4.78 is 5.64. The molecule has 2 aromatic heterocycles. The van der Waals surface area contributed by atoms with E-state index in [2.05, 4.69) is 38.1 Å². The third kappa shape index (κ3) is 2.99. The molecule has 2 aliphatic carbocycles. The van der Waals surface area contributed by atoms with Crippen LogP contribution in [0.3, 0.4) is 0 Å². The van der Waals surface area contributed by atoms with E-state index in [-0.39, 0.29) is 35.6 Å². The molecule has 9 heteroatoms. The highest BCUT2D eigenvalue weighted by Crippen LogP contribution is 2.45. The van der Waals surface area contributed by atoms with Crippen molar-refractivity contribution in [1.82, 2.24) is 9.97 Å². The van der Waals surface area contributed by atoms with Crippen molar-refractivity contribution < 1.29 is 14.0 Å². The Morgan fingerprint density at radius 2 is 2.03 bits per heavy atom. The summed E-state index contributed by atoms with van der Waals surface area (Å²) in [6.07, 6.45) is 6.69. The van der Waals surface area contributed by atoms with Crippen molar-refractivity contribution in [3.8, 4) is 0 Å². The number of benzene rings is 1. The SMILES string of the molecule is CC1(C)C(=O)Nc2cc(Nc3nc(NC4C5C=CC(C5)C4C(N)=O)c4occc4n3)ccc21. The summed E-state index contributed by atoms with van der Waals surface area (Å²) >= 11 is 0. The van der Waals surface area contributed by atoms with E-state index in [4.69, 9.17) is 10.2 Å². The van der Waals surface area contributed by atoms with Crippen LogP contribution >= 0.6 is 0 Å². The van der Waals surface area contributed by atoms with E-state index in [0.29, 0.717) is 22.9 Å². The second-order valence-corrected chi connectivity index (χ2v) is 9.54. The van der Waals surface area contributed by atoms with Gasteiger partial charge < -0.3 is 26.1 Å². The Morgan fingerprint density at radius 3 is 2.85 bits per heavy atom. The van der Waals surface area contributed by atoms with Crippen LogP contribution in [0.25, 0.3) is 11.1 Å². The summed E-state index contributed by atoms with van der Waals surface area (Å²) in [5, 5.41) is 9.59. The highest BCUT2D eigenvalue weighted by Gasteiger charge is 2.47. The van der Waals surface area contributed by atoms with Gasteiger partial charge >= 0.3 is 0 Å². The summed E-state index contributed by atoms with van der Waals surface area (Å²) in [7, 11) is 0. The van der Waals surface area contributed by atoms with Crippen LogP contribution in [0.1, 0.15) is 25.8 Å². The quantitative estimate of drug-likeness (QED) is 0.444. The van der Waals surface area contributed by atoms with E-state index >= 15 is 0 Å². The number of hydrogen-bond donors (Lipinski definition) is 4. The van der Waals surface area contributed by atoms with E-state index < -0.39 is 5.41 Å². The number of anilines is 4. The third-order valence-corrected chi connectivity index (χ3v) is 7.16. The summed E-state index contributed by atoms with van der Waals surface area (Å²) in [4.78, 5) is 33.6. The van der Waals surface area contributed by atoms with Gasteiger partial charge in [0.1, 0.15) is 5.52 Å². The molecule has 0 spiro atoms. The number of rotatable bonds is 5. The number of nitrogens with two attached hydrogens (primary N) is 1. The maximum Gasteiger partial charge on any atom is 0.234 e. The lowest BCUT2D eigenvalue weighted by Gasteiger charge is -2.27. The number of furan rings is 1. The Kier molecular flexibility index (Phi) is 4.08. The van der Waals surface area contributed by atoms with Crippen molar-refractivity contribution in [2.24, 2.45) is 23.5 Å². The summed E-state index contributed by atoms with van der Waals surface area (Å²) in [5.41, 5.74) is 8.79. The number of nitrogens with zero attached hydrogens (tertiary/aromatic N) is 2. The number of primary amides is 1. The Balaban J connectivity index is 1.32. The Hall–Kier alpha value is -3.88. The zero-order valence-corrected chi connectivity index (χ0v) is 18.3. The standard InChI is InChI=1S/C24H24N6O3/c1-24(2)14-6-5-13(10-16(14)27-22(24)32)26-23-28-15-7-8-33-19(15)21(30-23)29-18-12-4-3-11(9-12)17(18)20(25)31/h3-8,10-12,17-18H,9H2,1-2H3,(H2,25,31)(H,27,32)(H2,26,28,29,30). The summed E-state index contributed by atoms with van der Waals surface area (Å²) in [6.45, 7) is 3.80. The molecule has 1 saturated carbocycles. The number of hydrogen-bond acceptors (Lipinski definition) is 7. The Labute approximate surface area is 189 Å². The van der Waals surface area contributed by atoms with E-state index in [0.717, 1.165) is 23.4 Å². The molecule has 0 saturated heterocycles. The predicted octanol–water partition coefficient (Wildman–Crippen LogP) is 3.28. The normalized spacial score (nSPS) is 26.4. The van der Waals surface area contributed by atoms with Gasteiger partial charge in [-0.2, -0.15) is 4.98 Å². The number of fused-ring (bicyclic) bond motifs is 4. The first-order chi connectivity index (χ1) is 15.8. The fraction of sp³-hybridized carbons (Fsp3) is 0.333. The van der Waals surface area contributed by atoms with Crippen molar-refractivity contribution >= 4 is 46.1 Å². The third-order valence-electron chi connectivity index (χ3n) is 7.16. The molecule has 1 aliphatic heterocycles. The first kappa shape index (κ1) is 19.8. The lowest BCUT2D eigenvalue weighted by molar-refractivity contribution is -0.122. The molecule has 3 heterocycles. The molecule has 33 heavy (non-hydrogen) atoms. The zero-order chi connectivity index (χ0) is 22.9. The maximum atomic E-state index is 12.3. The summed E-state index contributed by atoms with van der Waals surface area (Å²) in [6, 6.07) is 7.34. The van der Waals surface area contributed by atoms with Crippen molar-refractivity contribution in [2.45, 2.75) is 31.7 Å². The van der Waals surface area contributed by atoms with Crippen molar-refractivity contribution in [2.75, 3.05) is 16.0 Å². The van der Waals surface area contributed by atoms with Crippen molar-refractivity contribution in [3.63, 3.8) is 0 Å².